The Morgan fingerprint density at radius 1 is 1.31 bits per heavy atom. The van der Waals surface area contributed by atoms with E-state index in [-0.39, 0.29) is 0 Å². The summed E-state index contributed by atoms with van der Waals surface area (Å²) in [6, 6.07) is 5.39. The average molecular weight is 238 g/mol. The van der Waals surface area contributed by atoms with Gasteiger partial charge in [0.25, 0.3) is 11.7 Å². The predicted molar refractivity (Wildman–Crippen MR) is 63.2 cm³/mol. The Morgan fingerprint density at radius 3 is 2.75 bits per heavy atom. The van der Waals surface area contributed by atoms with Crippen LogP contribution in [0.5, 0.6) is 0 Å². The van der Waals surface area contributed by atoms with E-state index >= 15 is 0 Å². The molecule has 0 atom stereocenters. The molecule has 0 aliphatic carbocycles. The number of Topliss-reactive ketones (excluding diaryl/α,β-unsaturated/α-hetero) is 1. The lowest BCUT2D eigenvalue weighted by Gasteiger charge is -2.17. The van der Waals surface area contributed by atoms with Crippen molar-refractivity contribution in [1.29, 1.82) is 0 Å². The number of hydrogen-bond acceptors (Lipinski definition) is 2. The zero-order chi connectivity index (χ0) is 11.7. The number of ketones is 1. The summed E-state index contributed by atoms with van der Waals surface area (Å²) in [6.45, 7) is 2.41. The van der Waals surface area contributed by atoms with Gasteiger partial charge in [0.2, 0.25) is 0 Å². The second-order valence-electron chi connectivity index (χ2n) is 3.80. The monoisotopic (exact) mass is 237 g/mol. The minimum atomic E-state index is -0.436. The molecular formula is C12H12ClNO2. The Balaban J connectivity index is 2.43. The molecule has 16 heavy (non-hydrogen) atoms. The molecule has 1 aliphatic heterocycles. The normalized spacial score (nSPS) is 14.5. The van der Waals surface area contributed by atoms with Crippen LogP contribution in [-0.4, -0.2) is 24.1 Å². The fourth-order valence-corrected chi connectivity index (χ4v) is 2.09. The summed E-state index contributed by atoms with van der Waals surface area (Å²) in [4.78, 5) is 25.0. The number of fused-ring (bicyclic) bond motifs is 1. The Bertz CT molecular complexity index is 456. The fourth-order valence-electron chi connectivity index (χ4n) is 1.97. The highest BCUT2D eigenvalue weighted by Crippen LogP contribution is 2.32. The third kappa shape index (κ3) is 1.61. The number of carbonyl (C=O) groups is 2. The van der Waals surface area contributed by atoms with Crippen molar-refractivity contribution >= 4 is 29.0 Å². The molecule has 0 unspecified atom stereocenters. The number of halogens is 1. The van der Waals surface area contributed by atoms with Crippen LogP contribution in [-0.2, 0) is 4.79 Å². The van der Waals surface area contributed by atoms with Crippen molar-refractivity contribution in [2.24, 2.45) is 0 Å². The Kier molecular flexibility index (Phi) is 2.97. The lowest BCUT2D eigenvalue weighted by molar-refractivity contribution is -0.114. The van der Waals surface area contributed by atoms with E-state index in [1.807, 2.05) is 13.0 Å². The molecule has 0 radical (unpaired) electrons. The van der Waals surface area contributed by atoms with E-state index in [0.717, 1.165) is 11.3 Å². The molecule has 0 saturated carbocycles. The molecule has 1 aromatic carbocycles. The van der Waals surface area contributed by atoms with Crippen LogP contribution in [0, 0.1) is 6.92 Å². The van der Waals surface area contributed by atoms with E-state index in [9.17, 15) is 9.59 Å². The van der Waals surface area contributed by atoms with Crippen molar-refractivity contribution in [2.75, 3.05) is 17.3 Å². The zero-order valence-electron chi connectivity index (χ0n) is 9.00. The summed E-state index contributed by atoms with van der Waals surface area (Å²) in [5.74, 6) is -0.359. The second-order valence-corrected chi connectivity index (χ2v) is 4.18. The molecule has 0 saturated heterocycles. The third-order valence-corrected chi connectivity index (χ3v) is 2.97. The van der Waals surface area contributed by atoms with Gasteiger partial charge in [-0.05, 0) is 25.0 Å². The van der Waals surface area contributed by atoms with Gasteiger partial charge >= 0.3 is 0 Å². The Hall–Kier alpha value is -1.35. The summed E-state index contributed by atoms with van der Waals surface area (Å²) in [6.07, 6.45) is 0.689. The van der Waals surface area contributed by atoms with Gasteiger partial charge in [0.1, 0.15) is 0 Å². The van der Waals surface area contributed by atoms with E-state index in [1.54, 1.807) is 12.1 Å². The largest absolute Gasteiger partial charge is 0.304 e. The molecule has 0 N–H and O–H groups in total. The van der Waals surface area contributed by atoms with Crippen molar-refractivity contribution in [3.63, 3.8) is 0 Å². The smallest absolute Gasteiger partial charge is 0.299 e. The van der Waals surface area contributed by atoms with E-state index in [2.05, 4.69) is 0 Å². The van der Waals surface area contributed by atoms with Crippen LogP contribution in [0.25, 0.3) is 0 Å². The standard InChI is InChI=1S/C12H12ClNO2/c1-8-4-2-5-9-10(8)14(7-3-6-13)12(16)11(9)15/h2,4-5H,3,6-7H2,1H3. The number of nitrogens with zero attached hydrogens (tertiary/aromatic N) is 1. The van der Waals surface area contributed by atoms with E-state index < -0.39 is 11.7 Å². The van der Waals surface area contributed by atoms with Gasteiger partial charge in [-0.25, -0.2) is 0 Å². The molecule has 84 valence electrons. The topological polar surface area (TPSA) is 37.4 Å². The van der Waals surface area contributed by atoms with Gasteiger partial charge in [0, 0.05) is 12.4 Å². The molecule has 0 aromatic heterocycles. The van der Waals surface area contributed by atoms with E-state index in [1.165, 1.54) is 4.90 Å². The quantitative estimate of drug-likeness (QED) is 0.597. The molecule has 2 rings (SSSR count). The number of carbonyl (C=O) groups excluding carboxylic acids is 2. The summed E-state index contributed by atoms with van der Waals surface area (Å²) in [7, 11) is 0. The van der Waals surface area contributed by atoms with E-state index in [0.29, 0.717) is 24.4 Å². The molecule has 1 heterocycles. The second kappa shape index (κ2) is 4.26. The minimum Gasteiger partial charge on any atom is -0.304 e. The first-order valence-electron chi connectivity index (χ1n) is 5.18. The lowest BCUT2D eigenvalue weighted by atomic mass is 10.1. The number of benzene rings is 1. The van der Waals surface area contributed by atoms with Crippen LogP contribution in [0.2, 0.25) is 0 Å². The SMILES string of the molecule is Cc1cccc2c1N(CCCCl)C(=O)C2=O. The predicted octanol–water partition coefficient (Wildman–Crippen LogP) is 2.15. The third-order valence-electron chi connectivity index (χ3n) is 2.71. The maximum Gasteiger partial charge on any atom is 0.299 e. The van der Waals surface area contributed by atoms with Gasteiger partial charge in [-0.3, -0.25) is 9.59 Å². The zero-order valence-corrected chi connectivity index (χ0v) is 9.75. The van der Waals surface area contributed by atoms with Crippen molar-refractivity contribution in [3.05, 3.63) is 29.3 Å². The fraction of sp³-hybridized carbons (Fsp3) is 0.333. The maximum absolute atomic E-state index is 11.8. The molecule has 0 spiro atoms. The lowest BCUT2D eigenvalue weighted by Crippen LogP contribution is -2.31. The van der Waals surface area contributed by atoms with Gasteiger partial charge in [-0.1, -0.05) is 12.1 Å². The summed E-state index contributed by atoms with van der Waals surface area (Å²) in [5.41, 5.74) is 2.22. The van der Waals surface area contributed by atoms with Crippen molar-refractivity contribution < 1.29 is 9.59 Å². The van der Waals surface area contributed by atoms with Gasteiger partial charge < -0.3 is 4.90 Å². The first kappa shape index (κ1) is 11.1. The van der Waals surface area contributed by atoms with E-state index in [4.69, 9.17) is 11.6 Å². The molecule has 1 aromatic rings. The van der Waals surface area contributed by atoms with Crippen LogP contribution in [0.1, 0.15) is 22.3 Å². The summed E-state index contributed by atoms with van der Waals surface area (Å²) < 4.78 is 0. The molecule has 1 amide bonds. The summed E-state index contributed by atoms with van der Waals surface area (Å²) >= 11 is 5.61. The van der Waals surface area contributed by atoms with Gasteiger partial charge in [-0.15, -0.1) is 11.6 Å². The highest BCUT2D eigenvalue weighted by atomic mass is 35.5. The Morgan fingerprint density at radius 2 is 2.06 bits per heavy atom. The maximum atomic E-state index is 11.8. The molecule has 0 fully saturated rings. The van der Waals surface area contributed by atoms with Gasteiger partial charge in [0.15, 0.2) is 0 Å². The molecule has 0 bridgehead atoms. The number of amides is 1. The average Bonchev–Trinajstić information content (AvgIpc) is 2.52. The van der Waals surface area contributed by atoms with Gasteiger partial charge in [-0.2, -0.15) is 0 Å². The van der Waals surface area contributed by atoms with Crippen LogP contribution in [0.15, 0.2) is 18.2 Å². The van der Waals surface area contributed by atoms with Crippen LogP contribution < -0.4 is 4.90 Å². The number of hydrogen-bond donors (Lipinski definition) is 0. The highest BCUT2D eigenvalue weighted by molar-refractivity contribution is 6.52. The van der Waals surface area contributed by atoms with Crippen LogP contribution in [0.4, 0.5) is 5.69 Å². The Labute approximate surface area is 99.0 Å². The number of alkyl halides is 1. The highest BCUT2D eigenvalue weighted by Gasteiger charge is 2.36. The molecule has 1 aliphatic rings. The first-order chi connectivity index (χ1) is 7.66. The summed E-state index contributed by atoms with van der Waals surface area (Å²) in [5, 5.41) is 0. The van der Waals surface area contributed by atoms with Crippen molar-refractivity contribution in [2.45, 2.75) is 13.3 Å². The first-order valence-corrected chi connectivity index (χ1v) is 5.72. The number of anilines is 1. The number of para-hydroxylation sites is 1. The van der Waals surface area contributed by atoms with Crippen molar-refractivity contribution in [1.82, 2.24) is 0 Å². The molecular weight excluding hydrogens is 226 g/mol. The van der Waals surface area contributed by atoms with Crippen LogP contribution >= 0.6 is 11.6 Å². The van der Waals surface area contributed by atoms with Gasteiger partial charge in [0.05, 0.1) is 11.3 Å². The molecule has 4 heteroatoms. The minimum absolute atomic E-state index is 0.409. The molecule has 3 nitrogen and oxygen atoms in total. The number of rotatable bonds is 3. The van der Waals surface area contributed by atoms with Crippen LogP contribution in [0.3, 0.4) is 0 Å². The number of aryl methyl sites for hydroxylation is 1. The van der Waals surface area contributed by atoms with Crippen molar-refractivity contribution in [3.8, 4) is 0 Å².